The van der Waals surface area contributed by atoms with Gasteiger partial charge in [0.1, 0.15) is 16.6 Å². The van der Waals surface area contributed by atoms with Crippen molar-refractivity contribution in [2.24, 2.45) is 0 Å². The maximum atomic E-state index is 12.3. The third kappa shape index (κ3) is 3.23. The summed E-state index contributed by atoms with van der Waals surface area (Å²) in [5, 5.41) is 13.0. The Balaban J connectivity index is 2.29. The van der Waals surface area contributed by atoms with Crippen molar-refractivity contribution in [1.82, 2.24) is 29.7 Å². The van der Waals surface area contributed by atoms with Crippen LogP contribution in [-0.4, -0.2) is 63.5 Å². The molecular weight excluding hydrogens is 356 g/mol. The molecule has 0 aliphatic carbocycles. The Morgan fingerprint density at radius 2 is 2.23 bits per heavy atom. The van der Waals surface area contributed by atoms with Crippen LogP contribution >= 0.6 is 11.3 Å². The Labute approximate surface area is 153 Å². The van der Waals surface area contributed by atoms with Crippen molar-refractivity contribution in [1.29, 1.82) is 0 Å². The predicted octanol–water partition coefficient (Wildman–Crippen LogP) is 1.97. The van der Waals surface area contributed by atoms with E-state index in [-0.39, 0.29) is 6.61 Å². The molecule has 0 N–H and O–H groups in total. The summed E-state index contributed by atoms with van der Waals surface area (Å²) in [7, 11) is 5.29. The first-order valence-corrected chi connectivity index (χ1v) is 8.68. The number of fused-ring (bicyclic) bond motifs is 1. The molecule has 0 radical (unpaired) electrons. The van der Waals surface area contributed by atoms with Gasteiger partial charge in [0.15, 0.2) is 10.7 Å². The van der Waals surface area contributed by atoms with Gasteiger partial charge in [-0.25, -0.2) is 14.3 Å². The molecular formula is C16H18N6O3S. The first-order chi connectivity index (χ1) is 12.6. The molecule has 0 spiro atoms. The number of aromatic nitrogens is 5. The van der Waals surface area contributed by atoms with Gasteiger partial charge in [0.05, 0.1) is 19.4 Å². The summed E-state index contributed by atoms with van der Waals surface area (Å²) in [6.45, 7) is 2.02. The maximum Gasteiger partial charge on any atom is 0.341 e. The van der Waals surface area contributed by atoms with E-state index in [1.807, 2.05) is 25.2 Å². The highest BCUT2D eigenvalue weighted by molar-refractivity contribution is 7.12. The molecule has 0 fully saturated rings. The number of methoxy groups -OCH3 is 1. The van der Waals surface area contributed by atoms with E-state index in [2.05, 4.69) is 20.3 Å². The number of ether oxygens (including phenoxy) is 2. The van der Waals surface area contributed by atoms with Crippen LogP contribution in [-0.2, 0) is 4.74 Å². The van der Waals surface area contributed by atoms with E-state index in [1.54, 1.807) is 23.0 Å². The van der Waals surface area contributed by atoms with Gasteiger partial charge in [0.25, 0.3) is 0 Å². The minimum absolute atomic E-state index is 0.270. The number of esters is 1. The molecule has 3 heterocycles. The van der Waals surface area contributed by atoms with Gasteiger partial charge in [0.2, 0.25) is 5.88 Å². The molecule has 0 aromatic carbocycles. The van der Waals surface area contributed by atoms with E-state index in [0.717, 1.165) is 0 Å². The third-order valence-corrected chi connectivity index (χ3v) is 4.15. The smallest absolute Gasteiger partial charge is 0.341 e. The number of carbonyl (C=O) groups is 1. The Kier molecular flexibility index (Phi) is 5.12. The van der Waals surface area contributed by atoms with Crippen LogP contribution in [0.4, 0.5) is 0 Å². The van der Waals surface area contributed by atoms with Gasteiger partial charge < -0.3 is 14.4 Å². The van der Waals surface area contributed by atoms with Crippen molar-refractivity contribution >= 4 is 29.0 Å². The maximum absolute atomic E-state index is 12.3. The SMILES string of the molecule is CCOC(=O)c1cnc2c(-c3nncs3)c(OC)nn2c1/C=C/N(C)C. The molecule has 0 aliphatic rings. The molecule has 0 amide bonds. The standard InChI is InChI=1S/C16H18N6O3S/c1-5-25-16(23)10-8-17-13-12(15-19-18-9-26-15)14(24-4)20-22(13)11(10)6-7-21(2)3/h6-9H,5H2,1-4H3/b7-6+. The largest absolute Gasteiger partial charge is 0.479 e. The Hall–Kier alpha value is -3.01. The summed E-state index contributed by atoms with van der Waals surface area (Å²) in [6.07, 6.45) is 5.07. The average Bonchev–Trinajstić information content (AvgIpc) is 3.26. The number of hydrogen-bond acceptors (Lipinski definition) is 9. The zero-order chi connectivity index (χ0) is 18.7. The van der Waals surface area contributed by atoms with E-state index < -0.39 is 5.97 Å². The molecule has 26 heavy (non-hydrogen) atoms. The summed E-state index contributed by atoms with van der Waals surface area (Å²) >= 11 is 1.35. The van der Waals surface area contributed by atoms with E-state index in [4.69, 9.17) is 9.47 Å². The summed E-state index contributed by atoms with van der Waals surface area (Å²) in [4.78, 5) is 18.6. The Bertz CT molecular complexity index is 949. The molecule has 9 nitrogen and oxygen atoms in total. The number of carbonyl (C=O) groups excluding carboxylic acids is 1. The zero-order valence-corrected chi connectivity index (χ0v) is 15.6. The second-order valence-corrected chi connectivity index (χ2v) is 6.25. The van der Waals surface area contributed by atoms with Crippen LogP contribution in [0.25, 0.3) is 22.3 Å². The quantitative estimate of drug-likeness (QED) is 0.605. The third-order valence-electron chi connectivity index (χ3n) is 3.44. The lowest BCUT2D eigenvalue weighted by molar-refractivity contribution is 0.0525. The second kappa shape index (κ2) is 7.48. The van der Waals surface area contributed by atoms with Gasteiger partial charge in [-0.2, -0.15) is 0 Å². The van der Waals surface area contributed by atoms with Crippen molar-refractivity contribution in [3.8, 4) is 16.5 Å². The molecule has 0 saturated carbocycles. The van der Waals surface area contributed by atoms with Gasteiger partial charge in [-0.1, -0.05) is 11.3 Å². The summed E-state index contributed by atoms with van der Waals surface area (Å²) in [6, 6.07) is 0. The monoisotopic (exact) mass is 374 g/mol. The van der Waals surface area contributed by atoms with E-state index in [0.29, 0.717) is 33.4 Å². The molecule has 0 aliphatic heterocycles. The fourth-order valence-electron chi connectivity index (χ4n) is 2.34. The second-order valence-electron chi connectivity index (χ2n) is 5.42. The predicted molar refractivity (Wildman–Crippen MR) is 97.1 cm³/mol. The molecule has 3 rings (SSSR count). The molecule has 3 aromatic heterocycles. The number of rotatable bonds is 6. The number of hydrogen-bond donors (Lipinski definition) is 0. The highest BCUT2D eigenvalue weighted by Crippen LogP contribution is 2.34. The molecule has 10 heteroatoms. The average molecular weight is 374 g/mol. The first kappa shape index (κ1) is 17.8. The van der Waals surface area contributed by atoms with Crippen LogP contribution in [0.1, 0.15) is 23.0 Å². The van der Waals surface area contributed by atoms with Gasteiger partial charge in [-0.05, 0) is 13.0 Å². The van der Waals surface area contributed by atoms with Gasteiger partial charge >= 0.3 is 5.97 Å². The Morgan fingerprint density at radius 1 is 1.42 bits per heavy atom. The normalized spacial score (nSPS) is 11.2. The van der Waals surface area contributed by atoms with Crippen molar-refractivity contribution in [3.05, 3.63) is 29.2 Å². The molecule has 0 atom stereocenters. The lowest BCUT2D eigenvalue weighted by Crippen LogP contribution is -2.12. The van der Waals surface area contributed by atoms with Gasteiger partial charge in [-0.3, -0.25) is 0 Å². The van der Waals surface area contributed by atoms with Crippen LogP contribution in [0.5, 0.6) is 5.88 Å². The van der Waals surface area contributed by atoms with E-state index >= 15 is 0 Å². The minimum Gasteiger partial charge on any atom is -0.479 e. The van der Waals surface area contributed by atoms with E-state index in [1.165, 1.54) is 24.6 Å². The molecule has 0 saturated heterocycles. The lowest BCUT2D eigenvalue weighted by Gasteiger charge is -2.09. The summed E-state index contributed by atoms with van der Waals surface area (Å²) in [5.74, 6) is -0.109. The molecule has 136 valence electrons. The summed E-state index contributed by atoms with van der Waals surface area (Å²) in [5.41, 5.74) is 3.62. The Morgan fingerprint density at radius 3 is 2.85 bits per heavy atom. The van der Waals surface area contributed by atoms with E-state index in [9.17, 15) is 4.79 Å². The zero-order valence-electron chi connectivity index (χ0n) is 14.8. The fourth-order valence-corrected chi connectivity index (χ4v) is 2.93. The van der Waals surface area contributed by atoms with Crippen LogP contribution in [0.15, 0.2) is 17.9 Å². The van der Waals surface area contributed by atoms with Crippen LogP contribution in [0.3, 0.4) is 0 Å². The fraction of sp³-hybridized carbons (Fsp3) is 0.312. The van der Waals surface area contributed by atoms with Crippen molar-refractivity contribution in [3.63, 3.8) is 0 Å². The van der Waals surface area contributed by atoms with Crippen molar-refractivity contribution in [2.75, 3.05) is 27.8 Å². The van der Waals surface area contributed by atoms with Crippen LogP contribution in [0, 0.1) is 0 Å². The first-order valence-electron chi connectivity index (χ1n) is 7.80. The van der Waals surface area contributed by atoms with Crippen molar-refractivity contribution in [2.45, 2.75) is 6.92 Å². The molecule has 3 aromatic rings. The van der Waals surface area contributed by atoms with Crippen LogP contribution < -0.4 is 4.74 Å². The minimum atomic E-state index is -0.466. The molecule has 0 unspecified atom stereocenters. The lowest BCUT2D eigenvalue weighted by atomic mass is 10.2. The van der Waals surface area contributed by atoms with Crippen molar-refractivity contribution < 1.29 is 14.3 Å². The van der Waals surface area contributed by atoms with Gasteiger partial charge in [-0.15, -0.1) is 15.3 Å². The molecule has 0 bridgehead atoms. The number of nitrogens with zero attached hydrogens (tertiary/aromatic N) is 6. The highest BCUT2D eigenvalue weighted by Gasteiger charge is 2.24. The summed E-state index contributed by atoms with van der Waals surface area (Å²) < 4.78 is 12.1. The topological polar surface area (TPSA) is 94.7 Å². The van der Waals surface area contributed by atoms with Gasteiger partial charge in [0, 0.05) is 26.5 Å². The highest BCUT2D eigenvalue weighted by atomic mass is 32.1. The van der Waals surface area contributed by atoms with Crippen LogP contribution in [0.2, 0.25) is 0 Å².